The minimum absolute atomic E-state index is 0.294. The molecule has 2 rings (SSSR count). The summed E-state index contributed by atoms with van der Waals surface area (Å²) in [7, 11) is -5.75. The second-order valence-electron chi connectivity index (χ2n) is 3.56. The molecule has 0 saturated heterocycles. The van der Waals surface area contributed by atoms with Crippen LogP contribution >= 0.6 is 0 Å². The third kappa shape index (κ3) is 1.91. The van der Waals surface area contributed by atoms with Crippen molar-refractivity contribution in [2.24, 2.45) is 5.84 Å². The Bertz CT molecular complexity index is 865. The number of rotatable bonds is 2. The van der Waals surface area contributed by atoms with Crippen molar-refractivity contribution in [3.63, 3.8) is 0 Å². The molecule has 1 heterocycles. The molecule has 2 aromatic rings. The summed E-state index contributed by atoms with van der Waals surface area (Å²) < 4.78 is 63.8. The zero-order valence-electron chi connectivity index (χ0n) is 9.21. The fraction of sp³-hybridized carbons (Fsp3) is 0.143. The largest absolute Gasteiger partial charge is 0.501 e. The standard InChI is InChI=1S/C7H5F3N4O5S/c8-7(9,10)20(17,18)3-1-4(13(11)15)6-5(2-3)14(16)19-12-6/h1-2,12H,(H2,11,15)/q+2. The number of aromatic amines is 1. The highest BCUT2D eigenvalue weighted by Gasteiger charge is 2.48. The first-order chi connectivity index (χ1) is 9.05. The Morgan fingerprint density at radius 2 is 1.95 bits per heavy atom. The molecule has 0 saturated carbocycles. The lowest BCUT2D eigenvalue weighted by Crippen LogP contribution is -2.24. The third-order valence-electron chi connectivity index (χ3n) is 2.35. The Hall–Kier alpha value is -2.44. The predicted octanol–water partition coefficient (Wildman–Crippen LogP) is 0.253. The predicted molar refractivity (Wildman–Crippen MR) is 54.6 cm³/mol. The van der Waals surface area contributed by atoms with E-state index in [1.165, 1.54) is 0 Å². The zero-order chi connectivity index (χ0) is 15.3. The van der Waals surface area contributed by atoms with E-state index in [0.29, 0.717) is 12.1 Å². The molecule has 9 nitrogen and oxygen atoms in total. The number of H-pyrrole nitrogens is 1. The Morgan fingerprint density at radius 1 is 1.35 bits per heavy atom. The van der Waals surface area contributed by atoms with Gasteiger partial charge in [0.25, 0.3) is 20.9 Å². The highest BCUT2D eigenvalue weighted by Crippen LogP contribution is 2.33. The normalized spacial score (nSPS) is 12.8. The SMILES string of the molecule is N[N+](=O)c1cc(S(=O)(=O)C(F)(F)F)cc2c1[nH]o[n+]2=O. The number of aromatic nitrogens is 2. The average Bonchev–Trinajstić information content (AvgIpc) is 2.68. The topological polar surface area (TPSA) is 132 Å². The van der Waals surface area contributed by atoms with Gasteiger partial charge in [0.15, 0.2) is 9.47 Å². The van der Waals surface area contributed by atoms with Crippen molar-refractivity contribution >= 4 is 26.6 Å². The van der Waals surface area contributed by atoms with Gasteiger partial charge in [0.2, 0.25) is 0 Å². The number of alkyl halides is 3. The van der Waals surface area contributed by atoms with Gasteiger partial charge in [-0.2, -0.15) is 19.0 Å². The van der Waals surface area contributed by atoms with E-state index in [-0.39, 0.29) is 10.1 Å². The van der Waals surface area contributed by atoms with Crippen molar-refractivity contribution in [2.45, 2.75) is 10.4 Å². The first-order valence-corrected chi connectivity index (χ1v) is 6.15. The number of nitrogens with one attached hydrogen (secondary N) is 1. The molecule has 1 aromatic carbocycles. The lowest BCUT2D eigenvalue weighted by molar-refractivity contribution is -0.692. The maximum atomic E-state index is 12.5. The highest BCUT2D eigenvalue weighted by atomic mass is 32.2. The van der Waals surface area contributed by atoms with Crippen molar-refractivity contribution in [3.05, 3.63) is 21.9 Å². The molecule has 0 spiro atoms. The van der Waals surface area contributed by atoms with Crippen LogP contribution in [0.2, 0.25) is 0 Å². The van der Waals surface area contributed by atoms with E-state index in [1.807, 2.05) is 5.16 Å². The summed E-state index contributed by atoms with van der Waals surface area (Å²) in [4.78, 5) is 20.5. The summed E-state index contributed by atoms with van der Waals surface area (Å²) in [6.45, 7) is 0. The van der Waals surface area contributed by atoms with Gasteiger partial charge >= 0.3 is 11.2 Å². The maximum absolute atomic E-state index is 12.5. The second-order valence-corrected chi connectivity index (χ2v) is 5.50. The van der Waals surface area contributed by atoms with Crippen LogP contribution in [0.15, 0.2) is 21.7 Å². The molecule has 108 valence electrons. The number of fused-ring (bicyclic) bond motifs is 1. The van der Waals surface area contributed by atoms with Crippen LogP contribution in [-0.2, 0) is 9.84 Å². The van der Waals surface area contributed by atoms with Gasteiger partial charge in [-0.15, -0.1) is 0 Å². The molecule has 0 bridgehead atoms. The molecule has 0 radical (unpaired) electrons. The third-order valence-corrected chi connectivity index (χ3v) is 3.82. The van der Waals surface area contributed by atoms with Crippen LogP contribution in [0.1, 0.15) is 0 Å². The molecule has 0 unspecified atom stereocenters. The van der Waals surface area contributed by atoms with Crippen LogP contribution in [0.4, 0.5) is 18.9 Å². The molecule has 20 heavy (non-hydrogen) atoms. The smallest absolute Gasteiger partial charge is 0.214 e. The number of nitrogens with two attached hydrogens (primary N) is 1. The molecule has 13 heteroatoms. The number of halogens is 3. The lowest BCUT2D eigenvalue weighted by Gasteiger charge is -2.06. The van der Waals surface area contributed by atoms with Crippen LogP contribution < -0.4 is 10.4 Å². The summed E-state index contributed by atoms with van der Waals surface area (Å²) in [6.07, 6.45) is 0. The molecule has 1 aromatic heterocycles. The summed E-state index contributed by atoms with van der Waals surface area (Å²) in [6, 6.07) is 0.794. The zero-order valence-corrected chi connectivity index (χ0v) is 10.0. The molecule has 3 N–H and O–H groups in total. The number of nitroso groups, excluding NO2 is 1. The first-order valence-electron chi connectivity index (χ1n) is 4.67. The number of nitrogens with zero attached hydrogens (tertiary/aromatic N) is 2. The van der Waals surface area contributed by atoms with Crippen molar-refractivity contribution in [2.75, 3.05) is 0 Å². The number of hydrogen-bond acceptors (Lipinski definition) is 5. The van der Waals surface area contributed by atoms with E-state index in [0.717, 1.165) is 0 Å². The van der Waals surface area contributed by atoms with E-state index in [4.69, 9.17) is 5.84 Å². The lowest BCUT2D eigenvalue weighted by atomic mass is 10.3. The molecular formula is C7H5F3N4O5S+2. The second kappa shape index (κ2) is 4.03. The molecule has 0 aliphatic carbocycles. The van der Waals surface area contributed by atoms with Crippen molar-refractivity contribution in [1.29, 1.82) is 0 Å². The average molecular weight is 314 g/mol. The van der Waals surface area contributed by atoms with Crippen LogP contribution in [0, 0.1) is 9.81 Å². The van der Waals surface area contributed by atoms with Crippen LogP contribution in [0.3, 0.4) is 0 Å². The van der Waals surface area contributed by atoms with E-state index in [1.54, 1.807) is 0 Å². The van der Waals surface area contributed by atoms with E-state index in [9.17, 15) is 31.4 Å². The molecule has 0 atom stereocenters. The number of benzene rings is 1. The Kier molecular flexibility index (Phi) is 2.81. The molecule has 0 aliphatic rings. The maximum Gasteiger partial charge on any atom is 0.501 e. The van der Waals surface area contributed by atoms with Gasteiger partial charge in [0.1, 0.15) is 0 Å². The van der Waals surface area contributed by atoms with Crippen LogP contribution in [-0.4, -0.2) is 24.0 Å². The van der Waals surface area contributed by atoms with Crippen molar-refractivity contribution in [3.8, 4) is 0 Å². The monoisotopic (exact) mass is 314 g/mol. The quantitative estimate of drug-likeness (QED) is 0.464. The van der Waals surface area contributed by atoms with E-state index in [2.05, 4.69) is 4.63 Å². The van der Waals surface area contributed by atoms with Crippen molar-refractivity contribution in [1.82, 2.24) is 5.16 Å². The Morgan fingerprint density at radius 3 is 2.45 bits per heavy atom. The van der Waals surface area contributed by atoms with Crippen LogP contribution in [0.25, 0.3) is 11.0 Å². The highest BCUT2D eigenvalue weighted by molar-refractivity contribution is 7.92. The molecular weight excluding hydrogens is 309 g/mol. The first kappa shape index (κ1) is 14.0. The van der Waals surface area contributed by atoms with E-state index >= 15 is 0 Å². The Labute approximate surface area is 106 Å². The van der Waals surface area contributed by atoms with Gasteiger partial charge in [0.05, 0.1) is 9.80 Å². The minimum atomic E-state index is -5.75. The summed E-state index contributed by atoms with van der Waals surface area (Å²) in [5, 5.41) is 1.93. The summed E-state index contributed by atoms with van der Waals surface area (Å²) in [5.74, 6) is 4.84. The molecule has 0 amide bonds. The van der Waals surface area contributed by atoms with E-state index < -0.39 is 36.3 Å². The molecule has 0 aliphatic heterocycles. The molecule has 0 fully saturated rings. The number of hydrogen-bond donors (Lipinski definition) is 2. The number of sulfone groups is 1. The Balaban J connectivity index is 2.91. The van der Waals surface area contributed by atoms with Gasteiger partial charge in [0, 0.05) is 12.1 Å². The summed E-state index contributed by atoms with van der Waals surface area (Å²) >= 11 is 0. The van der Waals surface area contributed by atoms with Gasteiger partial charge in [-0.25, -0.2) is 8.42 Å². The minimum Gasteiger partial charge on any atom is -0.214 e. The van der Waals surface area contributed by atoms with Gasteiger partial charge < -0.3 is 0 Å². The fourth-order valence-corrected chi connectivity index (χ4v) is 2.23. The number of hydrazine groups is 1. The summed E-state index contributed by atoms with van der Waals surface area (Å²) in [5.41, 5.74) is -7.28. The van der Waals surface area contributed by atoms with Crippen molar-refractivity contribution < 1.29 is 35.7 Å². The van der Waals surface area contributed by atoms with Gasteiger partial charge in [-0.3, -0.25) is 0 Å². The fourth-order valence-electron chi connectivity index (χ4n) is 1.43. The van der Waals surface area contributed by atoms with Crippen LogP contribution in [0.5, 0.6) is 0 Å². The van der Waals surface area contributed by atoms with Gasteiger partial charge in [-0.1, -0.05) is 9.79 Å². The van der Waals surface area contributed by atoms with Gasteiger partial charge in [-0.05, 0) is 4.91 Å².